The first-order valence-corrected chi connectivity index (χ1v) is 8.07. The number of ketones is 1. The molecule has 0 spiro atoms. The molecule has 0 radical (unpaired) electrons. The molecule has 0 saturated carbocycles. The lowest BCUT2D eigenvalue weighted by Gasteiger charge is -2.06. The molecular formula is C16H16N4O3S. The van der Waals surface area contributed by atoms with Crippen molar-refractivity contribution in [2.75, 3.05) is 16.4 Å². The van der Waals surface area contributed by atoms with Crippen LogP contribution in [0, 0.1) is 0 Å². The van der Waals surface area contributed by atoms with E-state index in [4.69, 9.17) is 0 Å². The van der Waals surface area contributed by atoms with Crippen molar-refractivity contribution in [3.63, 3.8) is 0 Å². The highest BCUT2D eigenvalue weighted by Gasteiger charge is 2.06. The summed E-state index contributed by atoms with van der Waals surface area (Å²) in [5, 5.41) is 13.6. The van der Waals surface area contributed by atoms with E-state index in [1.165, 1.54) is 25.6 Å². The lowest BCUT2D eigenvalue weighted by molar-refractivity contribution is -0.114. The molecule has 2 amide bonds. The van der Waals surface area contributed by atoms with Crippen LogP contribution >= 0.6 is 11.8 Å². The van der Waals surface area contributed by atoms with Crippen LogP contribution in [0.25, 0.3) is 0 Å². The molecule has 2 N–H and O–H groups in total. The van der Waals surface area contributed by atoms with Gasteiger partial charge in [0.1, 0.15) is 5.03 Å². The number of rotatable bonds is 6. The number of amides is 2. The molecule has 1 aromatic heterocycles. The molecule has 0 fully saturated rings. The molecule has 1 heterocycles. The van der Waals surface area contributed by atoms with Gasteiger partial charge in [0.2, 0.25) is 11.8 Å². The van der Waals surface area contributed by atoms with E-state index in [-0.39, 0.29) is 23.4 Å². The van der Waals surface area contributed by atoms with Gasteiger partial charge in [0.15, 0.2) is 11.6 Å². The second-order valence-corrected chi connectivity index (χ2v) is 5.90. The van der Waals surface area contributed by atoms with Crippen LogP contribution in [-0.2, 0) is 9.59 Å². The number of aromatic nitrogens is 2. The minimum Gasteiger partial charge on any atom is -0.325 e. The Morgan fingerprint density at radius 1 is 0.958 bits per heavy atom. The average Bonchev–Trinajstić information content (AvgIpc) is 2.54. The summed E-state index contributed by atoms with van der Waals surface area (Å²) in [6, 6.07) is 9.99. The van der Waals surface area contributed by atoms with E-state index in [0.717, 1.165) is 0 Å². The zero-order valence-electron chi connectivity index (χ0n) is 13.2. The van der Waals surface area contributed by atoms with Crippen molar-refractivity contribution in [2.24, 2.45) is 0 Å². The highest BCUT2D eigenvalue weighted by Crippen LogP contribution is 2.16. The van der Waals surface area contributed by atoms with Crippen LogP contribution in [0.3, 0.4) is 0 Å². The van der Waals surface area contributed by atoms with E-state index < -0.39 is 0 Å². The molecule has 124 valence electrons. The van der Waals surface area contributed by atoms with Crippen LogP contribution in [0.5, 0.6) is 0 Å². The Kier molecular flexibility index (Phi) is 6.02. The summed E-state index contributed by atoms with van der Waals surface area (Å²) in [5.41, 5.74) is 1.22. The van der Waals surface area contributed by atoms with Gasteiger partial charge in [-0.3, -0.25) is 14.4 Å². The van der Waals surface area contributed by atoms with Crippen LogP contribution in [0.15, 0.2) is 41.4 Å². The Morgan fingerprint density at radius 3 is 2.21 bits per heavy atom. The Morgan fingerprint density at radius 2 is 1.67 bits per heavy atom. The zero-order valence-corrected chi connectivity index (χ0v) is 14.0. The van der Waals surface area contributed by atoms with Crippen molar-refractivity contribution in [2.45, 2.75) is 18.9 Å². The number of thioether (sulfide) groups is 1. The third-order valence-electron chi connectivity index (χ3n) is 2.87. The quantitative estimate of drug-likeness (QED) is 0.616. The average molecular weight is 344 g/mol. The van der Waals surface area contributed by atoms with E-state index in [2.05, 4.69) is 20.8 Å². The van der Waals surface area contributed by atoms with Crippen LogP contribution in [-0.4, -0.2) is 33.5 Å². The molecule has 0 aliphatic carbocycles. The molecule has 2 aromatic rings. The number of anilines is 2. The van der Waals surface area contributed by atoms with Gasteiger partial charge in [-0.1, -0.05) is 11.8 Å². The smallest absolute Gasteiger partial charge is 0.234 e. The summed E-state index contributed by atoms with van der Waals surface area (Å²) >= 11 is 1.23. The molecule has 2 rings (SSSR count). The maximum absolute atomic E-state index is 11.9. The molecular weight excluding hydrogens is 328 g/mol. The largest absolute Gasteiger partial charge is 0.325 e. The molecule has 0 aliphatic heterocycles. The van der Waals surface area contributed by atoms with Gasteiger partial charge >= 0.3 is 0 Å². The van der Waals surface area contributed by atoms with E-state index in [1.807, 2.05) is 0 Å². The van der Waals surface area contributed by atoms with Gasteiger partial charge in [-0.25, -0.2) is 0 Å². The Balaban J connectivity index is 1.84. The predicted octanol–water partition coefficient (Wildman–Crippen LogP) is 2.37. The van der Waals surface area contributed by atoms with Gasteiger partial charge in [-0.2, -0.15) is 0 Å². The van der Waals surface area contributed by atoms with Gasteiger partial charge in [-0.05, 0) is 43.3 Å². The summed E-state index contributed by atoms with van der Waals surface area (Å²) in [7, 11) is 0. The second-order valence-electron chi connectivity index (χ2n) is 4.91. The fourth-order valence-corrected chi connectivity index (χ4v) is 2.38. The zero-order chi connectivity index (χ0) is 17.5. The van der Waals surface area contributed by atoms with Gasteiger partial charge < -0.3 is 10.6 Å². The van der Waals surface area contributed by atoms with Gasteiger partial charge in [0.05, 0.1) is 5.75 Å². The molecule has 0 unspecified atom stereocenters. The summed E-state index contributed by atoms with van der Waals surface area (Å²) < 4.78 is 0. The van der Waals surface area contributed by atoms with E-state index in [1.54, 1.807) is 36.4 Å². The van der Waals surface area contributed by atoms with E-state index in [9.17, 15) is 14.4 Å². The van der Waals surface area contributed by atoms with Crippen molar-refractivity contribution >= 4 is 40.9 Å². The lowest BCUT2D eigenvalue weighted by Crippen LogP contribution is -2.14. The fourth-order valence-electron chi connectivity index (χ4n) is 1.77. The second kappa shape index (κ2) is 8.21. The fraction of sp³-hybridized carbons (Fsp3) is 0.188. The monoisotopic (exact) mass is 344 g/mol. The lowest BCUT2D eigenvalue weighted by atomic mass is 10.1. The number of nitrogens with one attached hydrogen (secondary N) is 2. The Labute approximate surface area is 143 Å². The maximum atomic E-state index is 11.9. The van der Waals surface area contributed by atoms with Crippen LogP contribution in [0.2, 0.25) is 0 Å². The molecule has 7 nitrogen and oxygen atoms in total. The highest BCUT2D eigenvalue weighted by molar-refractivity contribution is 7.99. The van der Waals surface area contributed by atoms with Gasteiger partial charge in [0, 0.05) is 18.2 Å². The van der Waals surface area contributed by atoms with Crippen molar-refractivity contribution in [3.8, 4) is 0 Å². The number of carbonyl (C=O) groups excluding carboxylic acids is 3. The number of hydrogen-bond acceptors (Lipinski definition) is 6. The number of Topliss-reactive ketones (excluding diaryl/α,β-unsaturated/α-hetero) is 1. The van der Waals surface area contributed by atoms with Crippen molar-refractivity contribution in [1.29, 1.82) is 0 Å². The molecule has 0 saturated heterocycles. The SMILES string of the molecule is CC(=O)Nc1ccc(SCC(=O)Nc2ccc(C(C)=O)cc2)nn1. The molecule has 0 bridgehead atoms. The third-order valence-corrected chi connectivity index (χ3v) is 3.79. The first kappa shape index (κ1) is 17.6. The van der Waals surface area contributed by atoms with E-state index >= 15 is 0 Å². The first-order chi connectivity index (χ1) is 11.4. The summed E-state index contributed by atoms with van der Waals surface area (Å²) in [5.74, 6) is 0.0950. The first-order valence-electron chi connectivity index (χ1n) is 7.09. The Hall–Kier alpha value is -2.74. The summed E-state index contributed by atoms with van der Waals surface area (Å²) in [6.45, 7) is 2.88. The predicted molar refractivity (Wildman–Crippen MR) is 92.1 cm³/mol. The minimum absolute atomic E-state index is 0.0234. The molecule has 1 aromatic carbocycles. The summed E-state index contributed by atoms with van der Waals surface area (Å²) in [6.07, 6.45) is 0. The van der Waals surface area contributed by atoms with Crippen molar-refractivity contribution in [1.82, 2.24) is 10.2 Å². The van der Waals surface area contributed by atoms with E-state index in [0.29, 0.717) is 22.1 Å². The molecule has 8 heteroatoms. The van der Waals surface area contributed by atoms with Crippen molar-refractivity contribution < 1.29 is 14.4 Å². The minimum atomic E-state index is -0.222. The maximum Gasteiger partial charge on any atom is 0.234 e. The number of hydrogen-bond donors (Lipinski definition) is 2. The van der Waals surface area contributed by atoms with Crippen LogP contribution in [0.1, 0.15) is 24.2 Å². The molecule has 0 atom stereocenters. The summed E-state index contributed by atoms with van der Waals surface area (Å²) in [4.78, 5) is 34.0. The van der Waals surface area contributed by atoms with Crippen molar-refractivity contribution in [3.05, 3.63) is 42.0 Å². The molecule has 0 aliphatic rings. The van der Waals surface area contributed by atoms with Crippen LogP contribution in [0.4, 0.5) is 11.5 Å². The molecule has 24 heavy (non-hydrogen) atoms. The number of carbonyl (C=O) groups is 3. The van der Waals surface area contributed by atoms with Gasteiger partial charge in [-0.15, -0.1) is 10.2 Å². The number of benzene rings is 1. The van der Waals surface area contributed by atoms with Gasteiger partial charge in [0.25, 0.3) is 0 Å². The Bertz CT molecular complexity index is 745. The number of nitrogens with zero attached hydrogens (tertiary/aromatic N) is 2. The normalized spacial score (nSPS) is 10.1. The highest BCUT2D eigenvalue weighted by atomic mass is 32.2. The topological polar surface area (TPSA) is 101 Å². The standard InChI is InChI=1S/C16H16N4O3S/c1-10(21)12-3-5-13(6-4-12)18-15(23)9-24-16-8-7-14(19-20-16)17-11(2)22/h3-8H,9H2,1-2H3,(H,18,23)(H,17,19,22). The van der Waals surface area contributed by atoms with Crippen LogP contribution < -0.4 is 10.6 Å². The third kappa shape index (κ3) is 5.47.